The lowest BCUT2D eigenvalue weighted by atomic mass is 9.99. The number of nitrogens with zero attached hydrogens (tertiary/aromatic N) is 2. The summed E-state index contributed by atoms with van der Waals surface area (Å²) in [5.41, 5.74) is 9.33. The average Bonchev–Trinajstić information content (AvgIpc) is 3.63. The molecule has 2 heterocycles. The molecular weight excluding hydrogens is 522 g/mol. The van der Waals surface area contributed by atoms with Crippen LogP contribution in [-0.4, -0.2) is 9.55 Å². The molecule has 0 bridgehead atoms. The monoisotopic (exact) mass is 549 g/mol. The normalized spacial score (nSPS) is 11.7. The number of hydrogen-bond donors (Lipinski definition) is 1. The van der Waals surface area contributed by atoms with Gasteiger partial charge in [-0.2, -0.15) is 0 Å². The van der Waals surface area contributed by atoms with E-state index in [4.69, 9.17) is 0 Å². The lowest BCUT2D eigenvalue weighted by molar-refractivity contribution is 1.18. The molecule has 0 atom stereocenters. The Labute approximate surface area is 248 Å². The van der Waals surface area contributed by atoms with Crippen molar-refractivity contribution in [1.29, 1.82) is 0 Å². The molecular formula is C40H27N3. The predicted molar refractivity (Wildman–Crippen MR) is 182 cm³/mol. The van der Waals surface area contributed by atoms with Gasteiger partial charge in [-0.3, -0.25) is 0 Å². The Morgan fingerprint density at radius 3 is 1.65 bits per heavy atom. The Hall–Kier alpha value is -5.80. The van der Waals surface area contributed by atoms with Crippen LogP contribution in [0, 0.1) is 0 Å². The first kappa shape index (κ1) is 23.9. The van der Waals surface area contributed by atoms with Gasteiger partial charge in [0.15, 0.2) is 0 Å². The van der Waals surface area contributed by atoms with Crippen LogP contribution in [0.15, 0.2) is 158 Å². The predicted octanol–water partition coefficient (Wildman–Crippen LogP) is 11.0. The topological polar surface area (TPSA) is 24.0 Å². The van der Waals surface area contributed by atoms with Crippen molar-refractivity contribution >= 4 is 71.4 Å². The fraction of sp³-hybridized carbons (Fsp3) is 0. The van der Waals surface area contributed by atoms with Crippen LogP contribution in [0.1, 0.15) is 0 Å². The van der Waals surface area contributed by atoms with Gasteiger partial charge in [0.25, 0.3) is 0 Å². The van der Waals surface area contributed by atoms with E-state index < -0.39 is 0 Å². The highest BCUT2D eigenvalue weighted by molar-refractivity contribution is 6.36. The Bertz CT molecular complexity index is 2390. The number of anilines is 3. The Morgan fingerprint density at radius 1 is 0.419 bits per heavy atom. The molecule has 9 aromatic rings. The molecule has 0 unspecified atom stereocenters. The molecule has 0 spiro atoms. The molecule has 0 saturated heterocycles. The van der Waals surface area contributed by atoms with E-state index in [1.54, 1.807) is 0 Å². The van der Waals surface area contributed by atoms with Crippen LogP contribution in [0.25, 0.3) is 60.1 Å². The Balaban J connectivity index is 1.34. The maximum Gasteiger partial charge on any atom is 0.0627 e. The van der Waals surface area contributed by atoms with Crippen molar-refractivity contribution in [2.24, 2.45) is 0 Å². The number of hydrogen-bond acceptors (Lipinski definition) is 1. The number of H-pyrrole nitrogens is 1. The van der Waals surface area contributed by atoms with E-state index in [-0.39, 0.29) is 0 Å². The zero-order valence-corrected chi connectivity index (χ0v) is 23.4. The third-order valence-corrected chi connectivity index (χ3v) is 8.68. The van der Waals surface area contributed by atoms with Crippen LogP contribution in [0.5, 0.6) is 0 Å². The summed E-state index contributed by atoms with van der Waals surface area (Å²) in [6.45, 7) is 0. The number of para-hydroxylation sites is 4. The maximum atomic E-state index is 3.76. The van der Waals surface area contributed by atoms with Crippen LogP contribution in [-0.2, 0) is 0 Å². The second-order valence-electron chi connectivity index (χ2n) is 11.1. The summed E-state index contributed by atoms with van der Waals surface area (Å²) in [6, 6.07) is 56.4. The van der Waals surface area contributed by atoms with Crippen molar-refractivity contribution in [2.75, 3.05) is 4.90 Å². The molecule has 43 heavy (non-hydrogen) atoms. The van der Waals surface area contributed by atoms with Gasteiger partial charge in [0.05, 0.1) is 16.6 Å². The van der Waals surface area contributed by atoms with Crippen molar-refractivity contribution in [3.05, 3.63) is 158 Å². The van der Waals surface area contributed by atoms with Crippen molar-refractivity contribution in [2.45, 2.75) is 0 Å². The SMILES string of the molecule is c1ccc(N(c2ccccc2)c2ccc(-n3c4ccccc4c4c5c6ccccc6[nH]c5c5ccccc5c43)cc2)cc1. The third-order valence-electron chi connectivity index (χ3n) is 8.68. The standard InChI is InChI=1S/C40H27N3/c1-3-13-27(14-4-1)42(28-15-5-2-6-16-28)29-23-25-30(26-24-29)43-36-22-12-10-20-34(36)38-37-33-19-9-11-21-35(33)41-39(37)31-17-7-8-18-32(31)40(38)43/h1-26,41H. The second kappa shape index (κ2) is 9.37. The summed E-state index contributed by atoms with van der Waals surface area (Å²) in [4.78, 5) is 6.07. The molecule has 7 aromatic carbocycles. The van der Waals surface area contributed by atoms with E-state index in [9.17, 15) is 0 Å². The largest absolute Gasteiger partial charge is 0.354 e. The minimum Gasteiger partial charge on any atom is -0.354 e. The van der Waals surface area contributed by atoms with E-state index in [2.05, 4.69) is 172 Å². The number of fused-ring (bicyclic) bond motifs is 10. The number of rotatable bonds is 4. The highest BCUT2D eigenvalue weighted by Gasteiger charge is 2.21. The van der Waals surface area contributed by atoms with Crippen LogP contribution < -0.4 is 4.90 Å². The maximum absolute atomic E-state index is 3.76. The first-order valence-electron chi connectivity index (χ1n) is 14.7. The molecule has 0 amide bonds. The van der Waals surface area contributed by atoms with Gasteiger partial charge in [-0.25, -0.2) is 0 Å². The summed E-state index contributed by atoms with van der Waals surface area (Å²) < 4.78 is 2.45. The number of aromatic amines is 1. The molecule has 0 aliphatic rings. The van der Waals surface area contributed by atoms with Gasteiger partial charge in [-0.1, -0.05) is 97.1 Å². The molecule has 2 aromatic heterocycles. The lowest BCUT2D eigenvalue weighted by Crippen LogP contribution is -2.09. The minimum absolute atomic E-state index is 1.12. The van der Waals surface area contributed by atoms with Crippen molar-refractivity contribution in [3.63, 3.8) is 0 Å². The zero-order chi connectivity index (χ0) is 28.3. The van der Waals surface area contributed by atoms with E-state index >= 15 is 0 Å². The smallest absolute Gasteiger partial charge is 0.0627 e. The van der Waals surface area contributed by atoms with Crippen LogP contribution in [0.4, 0.5) is 17.1 Å². The summed E-state index contributed by atoms with van der Waals surface area (Å²) in [5, 5.41) is 7.58. The van der Waals surface area contributed by atoms with Gasteiger partial charge in [0, 0.05) is 60.6 Å². The van der Waals surface area contributed by atoms with Crippen LogP contribution in [0.2, 0.25) is 0 Å². The zero-order valence-electron chi connectivity index (χ0n) is 23.4. The molecule has 3 heteroatoms. The van der Waals surface area contributed by atoms with Crippen LogP contribution >= 0.6 is 0 Å². The summed E-state index contributed by atoms with van der Waals surface area (Å²) >= 11 is 0. The second-order valence-corrected chi connectivity index (χ2v) is 11.1. The average molecular weight is 550 g/mol. The van der Waals surface area contributed by atoms with Gasteiger partial charge in [-0.15, -0.1) is 0 Å². The van der Waals surface area contributed by atoms with Gasteiger partial charge in [-0.05, 0) is 60.7 Å². The summed E-state index contributed by atoms with van der Waals surface area (Å²) in [6.07, 6.45) is 0. The van der Waals surface area contributed by atoms with Gasteiger partial charge in [0.2, 0.25) is 0 Å². The van der Waals surface area contributed by atoms with E-state index in [0.29, 0.717) is 0 Å². The first-order valence-corrected chi connectivity index (χ1v) is 14.7. The fourth-order valence-electron chi connectivity index (χ4n) is 6.88. The molecule has 0 aliphatic carbocycles. The van der Waals surface area contributed by atoms with Gasteiger partial charge >= 0.3 is 0 Å². The Kier molecular flexibility index (Phi) is 5.20. The van der Waals surface area contributed by atoms with E-state index in [0.717, 1.165) is 22.7 Å². The number of aromatic nitrogens is 2. The number of nitrogens with one attached hydrogen (secondary N) is 1. The minimum atomic E-state index is 1.12. The molecule has 0 saturated carbocycles. The van der Waals surface area contributed by atoms with Crippen molar-refractivity contribution in [1.82, 2.24) is 9.55 Å². The van der Waals surface area contributed by atoms with E-state index in [1.807, 2.05) is 0 Å². The Morgan fingerprint density at radius 2 is 0.953 bits per heavy atom. The highest BCUT2D eigenvalue weighted by Crippen LogP contribution is 2.45. The molecule has 1 N–H and O–H groups in total. The van der Waals surface area contributed by atoms with Gasteiger partial charge in [0.1, 0.15) is 0 Å². The fourth-order valence-corrected chi connectivity index (χ4v) is 6.88. The third kappa shape index (κ3) is 3.55. The summed E-state index contributed by atoms with van der Waals surface area (Å²) in [5.74, 6) is 0. The van der Waals surface area contributed by atoms with Gasteiger partial charge < -0.3 is 14.5 Å². The quantitative estimate of drug-likeness (QED) is 0.232. The van der Waals surface area contributed by atoms with E-state index in [1.165, 1.54) is 54.4 Å². The molecule has 0 aliphatic heterocycles. The molecule has 0 fully saturated rings. The van der Waals surface area contributed by atoms with Crippen molar-refractivity contribution < 1.29 is 0 Å². The molecule has 9 rings (SSSR count). The summed E-state index contributed by atoms with van der Waals surface area (Å²) in [7, 11) is 0. The van der Waals surface area contributed by atoms with Crippen LogP contribution in [0.3, 0.4) is 0 Å². The molecule has 3 nitrogen and oxygen atoms in total. The number of benzene rings is 7. The molecule has 0 radical (unpaired) electrons. The highest BCUT2D eigenvalue weighted by atomic mass is 15.1. The lowest BCUT2D eigenvalue weighted by Gasteiger charge is -2.25. The van der Waals surface area contributed by atoms with Crippen molar-refractivity contribution in [3.8, 4) is 5.69 Å². The first-order chi connectivity index (χ1) is 21.4. The molecule has 202 valence electrons.